The topological polar surface area (TPSA) is 55.1 Å². The maximum atomic E-state index is 12.1. The molecule has 0 heterocycles. The van der Waals surface area contributed by atoms with Crippen molar-refractivity contribution in [3.8, 4) is 0 Å². The van der Waals surface area contributed by atoms with Crippen LogP contribution in [0.15, 0.2) is 0 Å². The zero-order valence-electron chi connectivity index (χ0n) is 13.2. The Morgan fingerprint density at radius 1 is 1.11 bits per heavy atom. The molecule has 3 unspecified atom stereocenters. The molecule has 3 atom stereocenters. The smallest absolute Gasteiger partial charge is 0.224 e. The highest BCUT2D eigenvalue weighted by molar-refractivity contribution is 5.79. The normalized spacial score (nSPS) is 17.4. The summed E-state index contributed by atoms with van der Waals surface area (Å²) in [5.74, 6) is 0.611. The van der Waals surface area contributed by atoms with Gasteiger partial charge in [-0.2, -0.15) is 0 Å². The largest absolute Gasteiger partial charge is 0.353 e. The fraction of sp³-hybridized carbons (Fsp3) is 0.933. The monoisotopic (exact) mass is 256 g/mol. The Labute approximate surface area is 113 Å². The van der Waals surface area contributed by atoms with Crippen LogP contribution in [0, 0.1) is 17.3 Å². The Morgan fingerprint density at radius 3 is 1.94 bits per heavy atom. The van der Waals surface area contributed by atoms with Crippen LogP contribution in [0.3, 0.4) is 0 Å². The number of hydrogen-bond donors (Lipinski definition) is 2. The fourth-order valence-electron chi connectivity index (χ4n) is 1.76. The number of nitrogens with one attached hydrogen (secondary N) is 1. The van der Waals surface area contributed by atoms with Gasteiger partial charge in [0.1, 0.15) is 0 Å². The predicted molar refractivity (Wildman–Crippen MR) is 78.3 cm³/mol. The summed E-state index contributed by atoms with van der Waals surface area (Å²) in [6, 6.07) is 0.115. The molecule has 0 fully saturated rings. The minimum atomic E-state index is -0.131. The molecule has 0 aliphatic heterocycles. The van der Waals surface area contributed by atoms with Gasteiger partial charge in [0.15, 0.2) is 0 Å². The molecular weight excluding hydrogens is 224 g/mol. The minimum Gasteiger partial charge on any atom is -0.353 e. The van der Waals surface area contributed by atoms with E-state index < -0.39 is 0 Å². The second-order valence-corrected chi connectivity index (χ2v) is 7.05. The predicted octanol–water partition coefficient (Wildman–Crippen LogP) is 2.94. The highest BCUT2D eigenvalue weighted by atomic mass is 16.2. The van der Waals surface area contributed by atoms with E-state index in [-0.39, 0.29) is 29.3 Å². The average Bonchev–Trinajstić information content (AvgIpc) is 2.20. The van der Waals surface area contributed by atoms with Crippen molar-refractivity contribution >= 4 is 5.91 Å². The number of carbonyl (C=O) groups is 1. The van der Waals surface area contributed by atoms with E-state index in [2.05, 4.69) is 39.9 Å². The molecule has 0 saturated heterocycles. The van der Waals surface area contributed by atoms with E-state index in [4.69, 9.17) is 5.73 Å². The lowest BCUT2D eigenvalue weighted by atomic mass is 9.82. The summed E-state index contributed by atoms with van der Waals surface area (Å²) < 4.78 is 0. The first kappa shape index (κ1) is 17.4. The van der Waals surface area contributed by atoms with Crippen LogP contribution in [0.5, 0.6) is 0 Å². The van der Waals surface area contributed by atoms with Gasteiger partial charge < -0.3 is 11.1 Å². The van der Waals surface area contributed by atoms with Crippen molar-refractivity contribution in [3.05, 3.63) is 0 Å². The van der Waals surface area contributed by atoms with Crippen LogP contribution in [0.4, 0.5) is 0 Å². The minimum absolute atomic E-state index is 0.0775. The van der Waals surface area contributed by atoms with Crippen LogP contribution in [0.1, 0.15) is 61.3 Å². The van der Waals surface area contributed by atoms with Crippen LogP contribution in [-0.4, -0.2) is 18.0 Å². The van der Waals surface area contributed by atoms with E-state index in [0.717, 1.165) is 12.8 Å². The molecule has 0 aromatic heterocycles. The highest BCUT2D eigenvalue weighted by Crippen LogP contribution is 2.24. The molecule has 0 radical (unpaired) electrons. The van der Waals surface area contributed by atoms with E-state index in [9.17, 15) is 4.79 Å². The lowest BCUT2D eigenvalue weighted by Gasteiger charge is -2.33. The number of rotatable bonds is 6. The lowest BCUT2D eigenvalue weighted by molar-refractivity contribution is -0.126. The van der Waals surface area contributed by atoms with Crippen molar-refractivity contribution in [2.45, 2.75) is 73.4 Å². The van der Waals surface area contributed by atoms with Crippen LogP contribution in [0.2, 0.25) is 0 Å². The summed E-state index contributed by atoms with van der Waals surface area (Å²) in [6.07, 6.45) is 2.16. The third-order valence-corrected chi connectivity index (χ3v) is 3.60. The first-order valence-electron chi connectivity index (χ1n) is 7.11. The summed E-state index contributed by atoms with van der Waals surface area (Å²) in [7, 11) is 0. The van der Waals surface area contributed by atoms with Crippen LogP contribution < -0.4 is 11.1 Å². The van der Waals surface area contributed by atoms with Gasteiger partial charge in [-0.25, -0.2) is 0 Å². The lowest BCUT2D eigenvalue weighted by Crippen LogP contribution is -2.48. The van der Waals surface area contributed by atoms with Crippen molar-refractivity contribution in [2.75, 3.05) is 0 Å². The maximum Gasteiger partial charge on any atom is 0.224 e. The fourth-order valence-corrected chi connectivity index (χ4v) is 1.76. The van der Waals surface area contributed by atoms with E-state index >= 15 is 0 Å². The molecule has 0 aliphatic rings. The summed E-state index contributed by atoms with van der Waals surface area (Å²) in [5.41, 5.74) is 5.87. The summed E-state index contributed by atoms with van der Waals surface area (Å²) in [5, 5.41) is 3.17. The van der Waals surface area contributed by atoms with Gasteiger partial charge in [0.05, 0.1) is 0 Å². The molecule has 3 heteroatoms. The quantitative estimate of drug-likeness (QED) is 0.767. The van der Waals surface area contributed by atoms with E-state index in [0.29, 0.717) is 5.92 Å². The molecule has 18 heavy (non-hydrogen) atoms. The zero-order chi connectivity index (χ0) is 14.5. The molecule has 108 valence electrons. The van der Waals surface area contributed by atoms with Crippen molar-refractivity contribution in [1.29, 1.82) is 0 Å². The molecule has 0 aromatic carbocycles. The molecule has 0 spiro atoms. The van der Waals surface area contributed by atoms with E-state index in [1.807, 2.05) is 13.8 Å². The van der Waals surface area contributed by atoms with Crippen LogP contribution in [-0.2, 0) is 4.79 Å². The van der Waals surface area contributed by atoms with Gasteiger partial charge in [-0.3, -0.25) is 4.79 Å². The SMILES string of the molecule is CC(C)CCC(NC(=O)C(C)C(C)N)C(C)(C)C. The maximum absolute atomic E-state index is 12.1. The molecular formula is C15H32N2O. The summed E-state index contributed by atoms with van der Waals surface area (Å²) >= 11 is 0. The molecule has 0 rings (SSSR count). The Morgan fingerprint density at radius 2 is 1.61 bits per heavy atom. The number of amides is 1. The van der Waals surface area contributed by atoms with Gasteiger partial charge in [-0.1, -0.05) is 41.5 Å². The number of hydrogen-bond acceptors (Lipinski definition) is 2. The van der Waals surface area contributed by atoms with Crippen molar-refractivity contribution in [3.63, 3.8) is 0 Å². The third-order valence-electron chi connectivity index (χ3n) is 3.60. The molecule has 0 aromatic rings. The first-order chi connectivity index (χ1) is 8.05. The van der Waals surface area contributed by atoms with E-state index in [1.165, 1.54) is 0 Å². The molecule has 0 bridgehead atoms. The second kappa shape index (κ2) is 7.13. The van der Waals surface area contributed by atoms with Gasteiger partial charge in [0.2, 0.25) is 5.91 Å². The molecule has 0 saturated carbocycles. The van der Waals surface area contributed by atoms with Gasteiger partial charge in [-0.05, 0) is 31.1 Å². The Kier molecular flexibility index (Phi) is 6.90. The van der Waals surface area contributed by atoms with Crippen molar-refractivity contribution in [2.24, 2.45) is 23.0 Å². The standard InChI is InChI=1S/C15H32N2O/c1-10(2)8-9-13(15(5,6)7)17-14(18)11(3)12(4)16/h10-13H,8-9,16H2,1-7H3,(H,17,18). The van der Waals surface area contributed by atoms with Gasteiger partial charge in [0.25, 0.3) is 0 Å². The number of carbonyl (C=O) groups excluding carboxylic acids is 1. The average molecular weight is 256 g/mol. The zero-order valence-corrected chi connectivity index (χ0v) is 13.2. The Bertz CT molecular complexity index is 254. The molecule has 1 amide bonds. The van der Waals surface area contributed by atoms with Crippen LogP contribution in [0.25, 0.3) is 0 Å². The molecule has 3 nitrogen and oxygen atoms in total. The molecule has 0 aliphatic carbocycles. The van der Waals surface area contributed by atoms with Gasteiger partial charge in [0, 0.05) is 18.0 Å². The second-order valence-electron chi connectivity index (χ2n) is 7.05. The van der Waals surface area contributed by atoms with Crippen LogP contribution >= 0.6 is 0 Å². The van der Waals surface area contributed by atoms with Crippen molar-refractivity contribution in [1.82, 2.24) is 5.32 Å². The Balaban J connectivity index is 4.55. The third kappa shape index (κ3) is 6.39. The van der Waals surface area contributed by atoms with E-state index in [1.54, 1.807) is 0 Å². The molecule has 3 N–H and O–H groups in total. The van der Waals surface area contributed by atoms with Gasteiger partial charge in [-0.15, -0.1) is 0 Å². The summed E-state index contributed by atoms with van der Waals surface area (Å²) in [4.78, 5) is 12.1. The number of nitrogens with two attached hydrogens (primary N) is 1. The highest BCUT2D eigenvalue weighted by Gasteiger charge is 2.28. The summed E-state index contributed by atoms with van der Waals surface area (Å²) in [6.45, 7) is 14.7. The van der Waals surface area contributed by atoms with Crippen molar-refractivity contribution < 1.29 is 4.79 Å². The Hall–Kier alpha value is -0.570. The van der Waals surface area contributed by atoms with Gasteiger partial charge >= 0.3 is 0 Å². The first-order valence-corrected chi connectivity index (χ1v) is 7.11.